The largest absolute Gasteiger partial charge is 0.384 e. The van der Waals surface area contributed by atoms with E-state index in [1.54, 1.807) is 0 Å². The van der Waals surface area contributed by atoms with E-state index in [1.807, 2.05) is 0 Å². The summed E-state index contributed by atoms with van der Waals surface area (Å²) >= 11 is 0. The third-order valence-electron chi connectivity index (χ3n) is 4.56. The van der Waals surface area contributed by atoms with E-state index in [1.165, 1.54) is 57.2 Å². The summed E-state index contributed by atoms with van der Waals surface area (Å²) in [4.78, 5) is 4.95. The molecule has 0 spiro atoms. The minimum atomic E-state index is 0.419. The van der Waals surface area contributed by atoms with Crippen molar-refractivity contribution in [2.45, 2.75) is 90.5 Å². The fraction of sp³-hybridized carbons (Fsp3) is 0.824. The lowest BCUT2D eigenvalue weighted by molar-refractivity contribution is 0.534. The van der Waals surface area contributed by atoms with Gasteiger partial charge in [0, 0.05) is 12.0 Å². The highest BCUT2D eigenvalue weighted by molar-refractivity contribution is 5.40. The zero-order chi connectivity index (χ0) is 14.5. The molecule has 1 aromatic heterocycles. The molecule has 1 fully saturated rings. The number of hydrogen-bond acceptors (Lipinski definition) is 2. The van der Waals surface area contributed by atoms with Crippen LogP contribution in [0.3, 0.4) is 0 Å². The molecule has 0 atom stereocenters. The minimum Gasteiger partial charge on any atom is -0.384 e. The molecule has 0 bridgehead atoms. The number of imidazole rings is 1. The summed E-state index contributed by atoms with van der Waals surface area (Å²) in [7, 11) is 0. The molecule has 114 valence electrons. The molecule has 20 heavy (non-hydrogen) atoms. The molecule has 2 N–H and O–H groups in total. The van der Waals surface area contributed by atoms with E-state index < -0.39 is 0 Å². The first-order valence-corrected chi connectivity index (χ1v) is 8.51. The second kappa shape index (κ2) is 7.14. The van der Waals surface area contributed by atoms with Gasteiger partial charge < -0.3 is 10.3 Å². The average molecular weight is 277 g/mol. The van der Waals surface area contributed by atoms with Gasteiger partial charge >= 0.3 is 0 Å². The van der Waals surface area contributed by atoms with Crippen LogP contribution in [0.1, 0.15) is 95.6 Å². The van der Waals surface area contributed by atoms with Crippen LogP contribution in [-0.2, 0) is 6.42 Å². The van der Waals surface area contributed by atoms with Gasteiger partial charge in [0.2, 0.25) is 0 Å². The van der Waals surface area contributed by atoms with E-state index in [-0.39, 0.29) is 0 Å². The smallest absolute Gasteiger partial charge is 0.127 e. The molecule has 2 rings (SSSR count). The molecule has 0 amide bonds. The zero-order valence-electron chi connectivity index (χ0n) is 13.5. The van der Waals surface area contributed by atoms with Crippen molar-refractivity contribution in [3.05, 3.63) is 11.5 Å². The van der Waals surface area contributed by atoms with Gasteiger partial charge in [-0.25, -0.2) is 4.98 Å². The molecule has 0 radical (unpaired) electrons. The number of nitrogens with two attached hydrogens (primary N) is 1. The van der Waals surface area contributed by atoms with Crippen molar-refractivity contribution in [1.29, 1.82) is 0 Å². The Morgan fingerprint density at radius 2 is 1.90 bits per heavy atom. The first kappa shape index (κ1) is 15.4. The van der Waals surface area contributed by atoms with Crippen molar-refractivity contribution in [3.63, 3.8) is 0 Å². The predicted octanol–water partition coefficient (Wildman–Crippen LogP) is 4.83. The molecule has 1 aliphatic carbocycles. The number of hydrogen-bond donors (Lipinski definition) is 1. The Labute approximate surface area is 124 Å². The second-order valence-electron chi connectivity index (χ2n) is 6.56. The van der Waals surface area contributed by atoms with Crippen LogP contribution < -0.4 is 5.73 Å². The lowest BCUT2D eigenvalue weighted by atomic mass is 10.1. The number of nitrogens with zero attached hydrogens (tertiary/aromatic N) is 2. The number of aromatic nitrogens is 2. The van der Waals surface area contributed by atoms with Crippen LogP contribution in [-0.4, -0.2) is 9.55 Å². The highest BCUT2D eigenvalue weighted by atomic mass is 15.2. The summed E-state index contributed by atoms with van der Waals surface area (Å²) in [5.74, 6) is 2.84. The summed E-state index contributed by atoms with van der Waals surface area (Å²) in [5, 5.41) is 0. The summed E-state index contributed by atoms with van der Waals surface area (Å²) in [6.07, 6.45) is 11.4. The highest BCUT2D eigenvalue weighted by Gasteiger charge is 2.26. The summed E-state index contributed by atoms with van der Waals surface area (Å²) in [5.41, 5.74) is 7.54. The van der Waals surface area contributed by atoms with Crippen LogP contribution in [0.4, 0.5) is 5.82 Å². The van der Waals surface area contributed by atoms with E-state index >= 15 is 0 Å². The molecular formula is C17H31N3. The first-order chi connectivity index (χ1) is 9.65. The molecule has 3 nitrogen and oxygen atoms in total. The van der Waals surface area contributed by atoms with Gasteiger partial charge in [-0.1, -0.05) is 39.0 Å². The SMILES string of the molecule is CCCCCCc1nc(C2CCCC2)n(C(C)C)c1N. The molecule has 1 heterocycles. The summed E-state index contributed by atoms with van der Waals surface area (Å²) < 4.78 is 2.30. The van der Waals surface area contributed by atoms with Crippen molar-refractivity contribution in [3.8, 4) is 0 Å². The number of rotatable bonds is 7. The molecule has 1 aliphatic rings. The van der Waals surface area contributed by atoms with Crippen LogP contribution in [0.5, 0.6) is 0 Å². The van der Waals surface area contributed by atoms with Crippen molar-refractivity contribution < 1.29 is 0 Å². The van der Waals surface area contributed by atoms with Gasteiger partial charge in [-0.05, 0) is 39.5 Å². The maximum atomic E-state index is 6.39. The quantitative estimate of drug-likeness (QED) is 0.726. The zero-order valence-corrected chi connectivity index (χ0v) is 13.5. The Kier molecular flexibility index (Phi) is 5.50. The van der Waals surface area contributed by atoms with E-state index in [4.69, 9.17) is 10.7 Å². The Morgan fingerprint density at radius 3 is 2.50 bits per heavy atom. The van der Waals surface area contributed by atoms with Crippen molar-refractivity contribution in [1.82, 2.24) is 9.55 Å². The molecule has 0 saturated heterocycles. The normalized spacial score (nSPS) is 16.4. The van der Waals surface area contributed by atoms with Crippen LogP contribution in [0.25, 0.3) is 0 Å². The molecule has 0 aromatic carbocycles. The number of anilines is 1. The van der Waals surface area contributed by atoms with Gasteiger partial charge in [0.15, 0.2) is 0 Å². The second-order valence-corrected chi connectivity index (χ2v) is 6.56. The summed E-state index contributed by atoms with van der Waals surface area (Å²) in [6.45, 7) is 6.69. The van der Waals surface area contributed by atoms with E-state index in [0.717, 1.165) is 17.9 Å². The third kappa shape index (κ3) is 3.36. The standard InChI is InChI=1S/C17H31N3/c1-4-5-6-7-12-15-16(18)20(13(2)3)17(19-15)14-10-8-9-11-14/h13-14H,4-12,18H2,1-3H3. The van der Waals surface area contributed by atoms with Crippen molar-refractivity contribution in [2.24, 2.45) is 0 Å². The summed E-state index contributed by atoms with van der Waals surface area (Å²) in [6, 6.07) is 0.419. The average Bonchev–Trinajstić information content (AvgIpc) is 3.02. The molecule has 1 aromatic rings. The van der Waals surface area contributed by atoms with Gasteiger partial charge in [0.25, 0.3) is 0 Å². The third-order valence-corrected chi connectivity index (χ3v) is 4.56. The van der Waals surface area contributed by atoms with Crippen LogP contribution in [0.2, 0.25) is 0 Å². The van der Waals surface area contributed by atoms with E-state index in [0.29, 0.717) is 12.0 Å². The van der Waals surface area contributed by atoms with Gasteiger partial charge in [-0.3, -0.25) is 0 Å². The Bertz CT molecular complexity index is 414. The Morgan fingerprint density at radius 1 is 1.20 bits per heavy atom. The van der Waals surface area contributed by atoms with Crippen molar-refractivity contribution in [2.75, 3.05) is 5.73 Å². The molecule has 1 saturated carbocycles. The van der Waals surface area contributed by atoms with E-state index in [2.05, 4.69) is 25.3 Å². The molecule has 3 heteroatoms. The number of unbranched alkanes of at least 4 members (excludes halogenated alkanes) is 3. The Hall–Kier alpha value is -0.990. The molecular weight excluding hydrogens is 246 g/mol. The van der Waals surface area contributed by atoms with Gasteiger partial charge in [0.1, 0.15) is 11.6 Å². The van der Waals surface area contributed by atoms with Crippen LogP contribution in [0.15, 0.2) is 0 Å². The lowest BCUT2D eigenvalue weighted by Gasteiger charge is -2.17. The lowest BCUT2D eigenvalue weighted by Crippen LogP contribution is -2.12. The first-order valence-electron chi connectivity index (χ1n) is 8.51. The fourth-order valence-corrected chi connectivity index (χ4v) is 3.43. The van der Waals surface area contributed by atoms with Crippen LogP contribution >= 0.6 is 0 Å². The molecule has 0 aliphatic heterocycles. The maximum absolute atomic E-state index is 6.39. The fourth-order valence-electron chi connectivity index (χ4n) is 3.43. The maximum Gasteiger partial charge on any atom is 0.127 e. The monoisotopic (exact) mass is 277 g/mol. The van der Waals surface area contributed by atoms with Gasteiger partial charge in [0.05, 0.1) is 5.69 Å². The van der Waals surface area contributed by atoms with Crippen molar-refractivity contribution >= 4 is 5.82 Å². The number of nitrogen functional groups attached to an aromatic ring is 1. The minimum absolute atomic E-state index is 0.419. The van der Waals surface area contributed by atoms with Gasteiger partial charge in [-0.2, -0.15) is 0 Å². The topological polar surface area (TPSA) is 43.8 Å². The van der Waals surface area contributed by atoms with Gasteiger partial charge in [-0.15, -0.1) is 0 Å². The highest BCUT2D eigenvalue weighted by Crippen LogP contribution is 2.36. The molecule has 0 unspecified atom stereocenters. The van der Waals surface area contributed by atoms with Crippen LogP contribution in [0, 0.1) is 0 Å². The Balaban J connectivity index is 2.14. The van der Waals surface area contributed by atoms with E-state index in [9.17, 15) is 0 Å². The number of aryl methyl sites for hydroxylation is 1. The predicted molar refractivity (Wildman–Crippen MR) is 86.1 cm³/mol.